The average Bonchev–Trinajstić information content (AvgIpc) is 2.43. The van der Waals surface area contributed by atoms with E-state index in [1.807, 2.05) is 0 Å². The highest BCUT2D eigenvalue weighted by atomic mass is 14.9. The van der Waals surface area contributed by atoms with Crippen LogP contribution in [0.1, 0.15) is 56.6 Å². The minimum atomic E-state index is 0.588. The summed E-state index contributed by atoms with van der Waals surface area (Å²) in [4.78, 5) is 0. The Labute approximate surface area is 118 Å². The van der Waals surface area contributed by atoms with Gasteiger partial charge in [0, 0.05) is 6.04 Å². The summed E-state index contributed by atoms with van der Waals surface area (Å²) in [6.45, 7) is 5.72. The number of rotatable bonds is 6. The summed E-state index contributed by atoms with van der Waals surface area (Å²) in [7, 11) is 0. The van der Waals surface area contributed by atoms with Crippen molar-refractivity contribution in [2.24, 2.45) is 5.92 Å². The van der Waals surface area contributed by atoms with Crippen LogP contribution in [0.2, 0.25) is 0 Å². The molecule has 1 aromatic carbocycles. The summed E-state index contributed by atoms with van der Waals surface area (Å²) >= 11 is 0. The molecule has 0 saturated heterocycles. The Morgan fingerprint density at radius 3 is 2.63 bits per heavy atom. The zero-order valence-corrected chi connectivity index (χ0v) is 12.6. The van der Waals surface area contributed by atoms with Crippen molar-refractivity contribution >= 4 is 0 Å². The predicted molar refractivity (Wildman–Crippen MR) is 83.5 cm³/mol. The van der Waals surface area contributed by atoms with E-state index in [9.17, 15) is 0 Å². The maximum atomic E-state index is 3.71. The molecule has 1 heteroatoms. The minimum Gasteiger partial charge on any atom is -0.314 e. The summed E-state index contributed by atoms with van der Waals surface area (Å²) in [5, 5.41) is 3.71. The van der Waals surface area contributed by atoms with Crippen molar-refractivity contribution in [3.8, 4) is 0 Å². The van der Waals surface area contributed by atoms with Gasteiger partial charge in [-0.15, -0.1) is 0 Å². The van der Waals surface area contributed by atoms with E-state index in [0.29, 0.717) is 6.04 Å². The van der Waals surface area contributed by atoms with Crippen LogP contribution in [-0.2, 0) is 6.42 Å². The molecule has 0 heterocycles. The number of hydrogen-bond donors (Lipinski definition) is 1. The van der Waals surface area contributed by atoms with E-state index < -0.39 is 0 Å². The van der Waals surface area contributed by atoms with Crippen molar-refractivity contribution in [3.63, 3.8) is 0 Å². The van der Waals surface area contributed by atoms with Crippen LogP contribution in [-0.4, -0.2) is 12.6 Å². The molecule has 1 aromatic rings. The van der Waals surface area contributed by atoms with Crippen LogP contribution in [0.25, 0.3) is 0 Å². The van der Waals surface area contributed by atoms with E-state index >= 15 is 0 Å². The molecule has 106 valence electrons. The van der Waals surface area contributed by atoms with Crippen molar-refractivity contribution in [3.05, 3.63) is 35.4 Å². The van der Waals surface area contributed by atoms with Crippen molar-refractivity contribution in [1.29, 1.82) is 0 Å². The Balaban J connectivity index is 1.67. The van der Waals surface area contributed by atoms with Crippen LogP contribution < -0.4 is 5.32 Å². The van der Waals surface area contributed by atoms with Gasteiger partial charge in [0.25, 0.3) is 0 Å². The molecule has 1 unspecified atom stereocenters. The van der Waals surface area contributed by atoms with Crippen LogP contribution in [0, 0.1) is 12.8 Å². The molecule has 2 rings (SSSR count). The van der Waals surface area contributed by atoms with Gasteiger partial charge in [0.1, 0.15) is 0 Å². The van der Waals surface area contributed by atoms with Crippen molar-refractivity contribution < 1.29 is 0 Å². The largest absolute Gasteiger partial charge is 0.314 e. The molecule has 0 aliphatic heterocycles. The van der Waals surface area contributed by atoms with Crippen molar-refractivity contribution in [1.82, 2.24) is 5.32 Å². The van der Waals surface area contributed by atoms with Gasteiger partial charge in [-0.25, -0.2) is 0 Å². The van der Waals surface area contributed by atoms with Gasteiger partial charge in [-0.05, 0) is 50.3 Å². The highest BCUT2D eigenvalue weighted by Crippen LogP contribution is 2.25. The van der Waals surface area contributed by atoms with Crippen LogP contribution in [0.4, 0.5) is 0 Å². The van der Waals surface area contributed by atoms with Gasteiger partial charge in [0.15, 0.2) is 0 Å². The Hall–Kier alpha value is -0.820. The molecule has 0 spiro atoms. The molecule has 0 bridgehead atoms. The molecule has 0 aromatic heterocycles. The number of nitrogens with one attached hydrogen (secondary N) is 1. The van der Waals surface area contributed by atoms with Crippen molar-refractivity contribution in [2.45, 2.75) is 64.8 Å². The zero-order chi connectivity index (χ0) is 13.5. The molecule has 1 aliphatic rings. The summed E-state index contributed by atoms with van der Waals surface area (Å²) < 4.78 is 0. The Kier molecular flexibility index (Phi) is 5.91. The van der Waals surface area contributed by atoms with Gasteiger partial charge >= 0.3 is 0 Å². The highest BCUT2D eigenvalue weighted by Gasteiger charge is 2.13. The van der Waals surface area contributed by atoms with Gasteiger partial charge in [-0.3, -0.25) is 0 Å². The number of benzene rings is 1. The first-order valence-electron chi connectivity index (χ1n) is 8.03. The molecule has 0 amide bonds. The lowest BCUT2D eigenvalue weighted by atomic mass is 9.87. The lowest BCUT2D eigenvalue weighted by molar-refractivity contribution is 0.329. The fraction of sp³-hybridized carbons (Fsp3) is 0.667. The van der Waals surface area contributed by atoms with Gasteiger partial charge in [-0.2, -0.15) is 0 Å². The molecule has 19 heavy (non-hydrogen) atoms. The topological polar surface area (TPSA) is 12.0 Å². The molecule has 1 N–H and O–H groups in total. The molecule has 1 aliphatic carbocycles. The van der Waals surface area contributed by atoms with E-state index in [1.165, 1.54) is 56.2 Å². The standard InChI is InChI=1S/C18H29N/c1-15-8-6-7-11-18(15)14-16(2)19-13-12-17-9-4-3-5-10-17/h6-8,11,16-17,19H,3-5,9-10,12-14H2,1-2H3. The summed E-state index contributed by atoms with van der Waals surface area (Å²) in [5.41, 5.74) is 2.91. The summed E-state index contributed by atoms with van der Waals surface area (Å²) in [6.07, 6.45) is 9.84. The van der Waals surface area contributed by atoms with Crippen LogP contribution >= 0.6 is 0 Å². The highest BCUT2D eigenvalue weighted by molar-refractivity contribution is 5.26. The Morgan fingerprint density at radius 2 is 1.89 bits per heavy atom. The van der Waals surface area contributed by atoms with Gasteiger partial charge in [0.2, 0.25) is 0 Å². The zero-order valence-electron chi connectivity index (χ0n) is 12.6. The van der Waals surface area contributed by atoms with Crippen LogP contribution in [0.15, 0.2) is 24.3 Å². The summed E-state index contributed by atoms with van der Waals surface area (Å²) in [6, 6.07) is 9.33. The third-order valence-corrected chi connectivity index (χ3v) is 4.56. The molecular weight excluding hydrogens is 230 g/mol. The fourth-order valence-corrected chi connectivity index (χ4v) is 3.25. The first-order chi connectivity index (χ1) is 9.25. The molecule has 1 atom stereocenters. The second-order valence-electron chi connectivity index (χ2n) is 6.28. The molecular formula is C18H29N. The van der Waals surface area contributed by atoms with E-state index in [4.69, 9.17) is 0 Å². The SMILES string of the molecule is Cc1ccccc1CC(C)NCCC1CCCCC1. The second kappa shape index (κ2) is 7.69. The monoisotopic (exact) mass is 259 g/mol. The minimum absolute atomic E-state index is 0.588. The first-order valence-corrected chi connectivity index (χ1v) is 8.03. The Bertz CT molecular complexity index is 366. The van der Waals surface area contributed by atoms with Gasteiger partial charge in [-0.1, -0.05) is 56.4 Å². The number of hydrogen-bond acceptors (Lipinski definition) is 1. The quantitative estimate of drug-likeness (QED) is 0.794. The van der Waals surface area contributed by atoms with Gasteiger partial charge in [0.05, 0.1) is 0 Å². The molecule has 1 fully saturated rings. The molecule has 1 saturated carbocycles. The molecule has 1 nitrogen and oxygen atoms in total. The maximum absolute atomic E-state index is 3.71. The maximum Gasteiger partial charge on any atom is 0.00792 e. The third kappa shape index (κ3) is 4.99. The summed E-state index contributed by atoms with van der Waals surface area (Å²) in [5.74, 6) is 0.993. The lowest BCUT2D eigenvalue weighted by Crippen LogP contribution is -2.30. The van der Waals surface area contributed by atoms with E-state index in [0.717, 1.165) is 12.3 Å². The fourth-order valence-electron chi connectivity index (χ4n) is 3.25. The first kappa shape index (κ1) is 14.6. The van der Waals surface area contributed by atoms with Crippen molar-refractivity contribution in [2.75, 3.05) is 6.54 Å². The van der Waals surface area contributed by atoms with E-state index in [2.05, 4.69) is 43.4 Å². The average molecular weight is 259 g/mol. The normalized spacial score (nSPS) is 18.4. The molecule has 0 radical (unpaired) electrons. The lowest BCUT2D eigenvalue weighted by Gasteiger charge is -2.23. The smallest absolute Gasteiger partial charge is 0.00792 e. The van der Waals surface area contributed by atoms with Crippen LogP contribution in [0.3, 0.4) is 0 Å². The van der Waals surface area contributed by atoms with E-state index in [1.54, 1.807) is 0 Å². The van der Waals surface area contributed by atoms with E-state index in [-0.39, 0.29) is 0 Å². The number of aryl methyl sites for hydroxylation is 1. The third-order valence-electron chi connectivity index (χ3n) is 4.56. The van der Waals surface area contributed by atoms with Crippen LogP contribution in [0.5, 0.6) is 0 Å². The second-order valence-corrected chi connectivity index (χ2v) is 6.28. The Morgan fingerprint density at radius 1 is 1.16 bits per heavy atom. The van der Waals surface area contributed by atoms with Gasteiger partial charge < -0.3 is 5.32 Å². The predicted octanol–water partition coefficient (Wildman–Crippen LogP) is 4.49.